The number of ether oxygens (including phenoxy) is 1. The third-order valence-corrected chi connectivity index (χ3v) is 2.05. The molecule has 0 aromatic carbocycles. The topological polar surface area (TPSA) is 73.9 Å². The summed E-state index contributed by atoms with van der Waals surface area (Å²) < 4.78 is 9.93. The Morgan fingerprint density at radius 3 is 2.88 bits per heavy atom. The van der Waals surface area contributed by atoms with Crippen LogP contribution < -0.4 is 4.74 Å². The molecule has 2 aromatic heterocycles. The largest absolute Gasteiger partial charge is 0.481 e. The second-order valence-electron chi connectivity index (χ2n) is 3.02. The molecule has 1 atom stereocenters. The van der Waals surface area contributed by atoms with Crippen molar-refractivity contribution < 1.29 is 9.26 Å². The average molecular weight is 241 g/mol. The molecule has 0 bridgehead atoms. The second kappa shape index (κ2) is 4.44. The van der Waals surface area contributed by atoms with E-state index in [4.69, 9.17) is 20.9 Å². The Morgan fingerprint density at radius 1 is 1.44 bits per heavy atom. The van der Waals surface area contributed by atoms with E-state index >= 15 is 0 Å². The Morgan fingerprint density at radius 2 is 2.25 bits per heavy atom. The lowest BCUT2D eigenvalue weighted by Gasteiger charge is -1.97. The third-order valence-electron chi connectivity index (χ3n) is 1.86. The zero-order valence-electron chi connectivity index (χ0n) is 8.72. The molecule has 0 radical (unpaired) electrons. The second-order valence-corrected chi connectivity index (χ2v) is 3.67. The molecular formula is C9H9ClN4O2. The number of halogens is 1. The highest BCUT2D eigenvalue weighted by Gasteiger charge is 2.14. The van der Waals surface area contributed by atoms with E-state index in [0.717, 1.165) is 0 Å². The number of nitrogens with zero attached hydrogens (tertiary/aromatic N) is 4. The van der Waals surface area contributed by atoms with Gasteiger partial charge in [-0.15, -0.1) is 11.6 Å². The summed E-state index contributed by atoms with van der Waals surface area (Å²) in [4.78, 5) is 12.0. The van der Waals surface area contributed by atoms with Crippen LogP contribution >= 0.6 is 11.6 Å². The van der Waals surface area contributed by atoms with Crippen LogP contribution in [0.5, 0.6) is 5.88 Å². The summed E-state index contributed by atoms with van der Waals surface area (Å²) in [6.07, 6.45) is 1.37. The van der Waals surface area contributed by atoms with Crippen molar-refractivity contribution in [3.05, 3.63) is 18.3 Å². The van der Waals surface area contributed by atoms with E-state index in [1.807, 2.05) is 0 Å². The molecule has 2 aromatic rings. The normalized spacial score (nSPS) is 12.4. The van der Waals surface area contributed by atoms with Crippen molar-refractivity contribution in [1.82, 2.24) is 20.1 Å². The van der Waals surface area contributed by atoms with Crippen LogP contribution in [0.1, 0.15) is 18.2 Å². The van der Waals surface area contributed by atoms with Gasteiger partial charge < -0.3 is 9.26 Å². The van der Waals surface area contributed by atoms with Gasteiger partial charge in [0.05, 0.1) is 7.11 Å². The molecule has 0 aliphatic rings. The van der Waals surface area contributed by atoms with Crippen LogP contribution in [-0.2, 0) is 0 Å². The monoisotopic (exact) mass is 240 g/mol. The van der Waals surface area contributed by atoms with E-state index in [1.165, 1.54) is 13.4 Å². The van der Waals surface area contributed by atoms with Gasteiger partial charge in [0.15, 0.2) is 0 Å². The van der Waals surface area contributed by atoms with E-state index in [-0.39, 0.29) is 5.38 Å². The predicted octanol–water partition coefficient (Wildman–Crippen LogP) is 1.83. The van der Waals surface area contributed by atoms with Gasteiger partial charge in [0.1, 0.15) is 17.4 Å². The molecule has 0 saturated carbocycles. The van der Waals surface area contributed by atoms with E-state index in [0.29, 0.717) is 23.3 Å². The summed E-state index contributed by atoms with van der Waals surface area (Å²) in [7, 11) is 1.52. The zero-order chi connectivity index (χ0) is 11.5. The Balaban J connectivity index is 2.34. The number of methoxy groups -OCH3 is 1. The van der Waals surface area contributed by atoms with Crippen molar-refractivity contribution in [2.75, 3.05) is 7.11 Å². The highest BCUT2D eigenvalue weighted by atomic mass is 35.5. The number of aromatic nitrogens is 4. The predicted molar refractivity (Wildman–Crippen MR) is 56.1 cm³/mol. The van der Waals surface area contributed by atoms with Crippen molar-refractivity contribution in [3.8, 4) is 17.4 Å². The quantitative estimate of drug-likeness (QED) is 0.762. The van der Waals surface area contributed by atoms with Gasteiger partial charge in [0.25, 0.3) is 0 Å². The molecule has 0 fully saturated rings. The fourth-order valence-electron chi connectivity index (χ4n) is 1.07. The minimum Gasteiger partial charge on any atom is -0.481 e. The standard InChI is InChI=1S/C9H9ClN4O2/c1-5(10)9-13-8(14-16-9)6-3-7(15-2)12-4-11-6/h3-5H,1-2H3. The van der Waals surface area contributed by atoms with Gasteiger partial charge in [-0.1, -0.05) is 5.16 Å². The van der Waals surface area contributed by atoms with Crippen molar-refractivity contribution in [2.45, 2.75) is 12.3 Å². The lowest BCUT2D eigenvalue weighted by Crippen LogP contribution is -1.92. The summed E-state index contributed by atoms with van der Waals surface area (Å²) in [6, 6.07) is 1.62. The Labute approximate surface area is 96.6 Å². The van der Waals surface area contributed by atoms with Crippen molar-refractivity contribution in [2.24, 2.45) is 0 Å². The van der Waals surface area contributed by atoms with E-state index in [2.05, 4.69) is 20.1 Å². The minimum absolute atomic E-state index is 0.329. The fraction of sp³-hybridized carbons (Fsp3) is 0.333. The molecule has 0 spiro atoms. The summed E-state index contributed by atoms with van der Waals surface area (Å²) in [6.45, 7) is 1.75. The summed E-state index contributed by atoms with van der Waals surface area (Å²) in [5.41, 5.74) is 0.527. The summed E-state index contributed by atoms with van der Waals surface area (Å²) in [5.74, 6) is 1.16. The summed E-state index contributed by atoms with van der Waals surface area (Å²) >= 11 is 5.81. The SMILES string of the molecule is COc1cc(-c2noc(C(C)Cl)n2)ncn1. The molecule has 1 unspecified atom stereocenters. The highest BCUT2D eigenvalue weighted by molar-refractivity contribution is 6.20. The molecule has 2 rings (SSSR count). The Bertz CT molecular complexity index is 486. The molecule has 16 heavy (non-hydrogen) atoms. The lowest BCUT2D eigenvalue weighted by molar-refractivity contribution is 0.379. The fourth-order valence-corrected chi connectivity index (χ4v) is 1.16. The van der Waals surface area contributed by atoms with Gasteiger partial charge in [0, 0.05) is 6.07 Å². The summed E-state index contributed by atoms with van der Waals surface area (Å²) in [5, 5.41) is 3.44. The first-order valence-corrected chi connectivity index (χ1v) is 4.98. The van der Waals surface area contributed by atoms with Gasteiger partial charge in [-0.2, -0.15) is 4.98 Å². The minimum atomic E-state index is -0.329. The smallest absolute Gasteiger partial charge is 0.244 e. The number of hydrogen-bond acceptors (Lipinski definition) is 6. The third kappa shape index (κ3) is 2.11. The number of rotatable bonds is 3. The molecule has 84 valence electrons. The molecule has 6 nitrogen and oxygen atoms in total. The average Bonchev–Trinajstić information content (AvgIpc) is 2.78. The van der Waals surface area contributed by atoms with Crippen LogP contribution in [0.4, 0.5) is 0 Å². The van der Waals surface area contributed by atoms with Crippen LogP contribution in [0.3, 0.4) is 0 Å². The maximum atomic E-state index is 5.81. The first kappa shape index (κ1) is 10.8. The zero-order valence-corrected chi connectivity index (χ0v) is 9.47. The molecule has 0 saturated heterocycles. The molecule has 0 N–H and O–H groups in total. The van der Waals surface area contributed by atoms with Crippen LogP contribution in [-0.4, -0.2) is 27.2 Å². The molecule has 0 amide bonds. The maximum Gasteiger partial charge on any atom is 0.244 e. The van der Waals surface area contributed by atoms with Gasteiger partial charge in [0.2, 0.25) is 17.6 Å². The van der Waals surface area contributed by atoms with Crippen LogP contribution in [0.2, 0.25) is 0 Å². The molecular weight excluding hydrogens is 232 g/mol. The molecule has 2 heterocycles. The maximum absolute atomic E-state index is 5.81. The number of alkyl halides is 1. The Kier molecular flexibility index (Phi) is 3.00. The van der Waals surface area contributed by atoms with Crippen molar-refractivity contribution in [3.63, 3.8) is 0 Å². The van der Waals surface area contributed by atoms with Crippen LogP contribution in [0, 0.1) is 0 Å². The van der Waals surface area contributed by atoms with Gasteiger partial charge in [-0.05, 0) is 6.92 Å². The molecule has 0 aliphatic heterocycles. The molecule has 7 heteroatoms. The highest BCUT2D eigenvalue weighted by Crippen LogP contribution is 2.21. The molecule has 0 aliphatic carbocycles. The van der Waals surface area contributed by atoms with E-state index < -0.39 is 0 Å². The van der Waals surface area contributed by atoms with Crippen LogP contribution in [0.15, 0.2) is 16.9 Å². The Hall–Kier alpha value is -1.69. The first-order valence-electron chi connectivity index (χ1n) is 4.55. The van der Waals surface area contributed by atoms with Gasteiger partial charge in [-0.3, -0.25) is 0 Å². The first-order chi connectivity index (χ1) is 7.70. The van der Waals surface area contributed by atoms with E-state index in [9.17, 15) is 0 Å². The van der Waals surface area contributed by atoms with Gasteiger partial charge in [-0.25, -0.2) is 9.97 Å². The van der Waals surface area contributed by atoms with Crippen molar-refractivity contribution >= 4 is 11.6 Å². The van der Waals surface area contributed by atoms with Gasteiger partial charge >= 0.3 is 0 Å². The van der Waals surface area contributed by atoms with E-state index in [1.54, 1.807) is 13.0 Å². The lowest BCUT2D eigenvalue weighted by atomic mass is 10.4. The number of hydrogen-bond donors (Lipinski definition) is 0. The van der Waals surface area contributed by atoms with Crippen LogP contribution in [0.25, 0.3) is 11.5 Å². The van der Waals surface area contributed by atoms with Crippen molar-refractivity contribution in [1.29, 1.82) is 0 Å².